The number of aromatic nitrogens is 3. The Morgan fingerprint density at radius 1 is 1.12 bits per heavy atom. The lowest BCUT2D eigenvalue weighted by Crippen LogP contribution is -2.24. The fraction of sp³-hybridized carbons (Fsp3) is 0.167. The van der Waals surface area contributed by atoms with E-state index in [1.807, 2.05) is 0 Å². The maximum Gasteiger partial charge on any atom is 0.416 e. The van der Waals surface area contributed by atoms with Crippen molar-refractivity contribution in [1.29, 1.82) is 0 Å². The summed E-state index contributed by atoms with van der Waals surface area (Å²) in [5.74, 6) is 0.632. The molecule has 3 aromatic rings. The molecule has 0 saturated carbocycles. The van der Waals surface area contributed by atoms with Crippen molar-refractivity contribution in [2.75, 3.05) is 0 Å². The highest BCUT2D eigenvalue weighted by molar-refractivity contribution is 7.79. The summed E-state index contributed by atoms with van der Waals surface area (Å²) in [6.07, 6.45) is -1.44. The molecule has 4 nitrogen and oxygen atoms in total. The summed E-state index contributed by atoms with van der Waals surface area (Å²) in [7, 11) is 1.52. The van der Waals surface area contributed by atoms with Gasteiger partial charge in [-0.1, -0.05) is 12.1 Å². The molecule has 0 unspecified atom stereocenters. The van der Waals surface area contributed by atoms with Crippen LogP contribution in [0.5, 0.6) is 0 Å². The third kappa shape index (κ3) is 3.37. The van der Waals surface area contributed by atoms with Crippen LogP contribution in [0, 0.1) is 0 Å². The maximum absolute atomic E-state index is 13.1. The van der Waals surface area contributed by atoms with Crippen LogP contribution in [0.2, 0.25) is 0 Å². The molecule has 3 rings (SSSR count). The molecule has 2 heterocycles. The van der Waals surface area contributed by atoms with E-state index >= 15 is 0 Å². The van der Waals surface area contributed by atoms with Crippen LogP contribution >= 0.6 is 12.6 Å². The van der Waals surface area contributed by atoms with E-state index in [-0.39, 0.29) is 16.9 Å². The zero-order valence-corrected chi connectivity index (χ0v) is 14.6. The van der Waals surface area contributed by atoms with Crippen LogP contribution in [0.4, 0.5) is 13.2 Å². The first-order valence-electron chi connectivity index (χ1n) is 7.61. The van der Waals surface area contributed by atoms with Gasteiger partial charge in [0.25, 0.3) is 5.56 Å². The minimum Gasteiger partial charge on any atom is -0.299 e. The summed E-state index contributed by atoms with van der Waals surface area (Å²) < 4.78 is 40.6. The molecule has 0 saturated heterocycles. The summed E-state index contributed by atoms with van der Waals surface area (Å²) in [5.41, 5.74) is -0.0982. The number of hydrogen-bond acceptors (Lipinski definition) is 4. The second kappa shape index (κ2) is 6.95. The predicted molar refractivity (Wildman–Crippen MR) is 95.8 cm³/mol. The Bertz CT molecular complexity index is 1000. The third-order valence-electron chi connectivity index (χ3n) is 3.96. The van der Waals surface area contributed by atoms with Crippen molar-refractivity contribution in [3.63, 3.8) is 0 Å². The van der Waals surface area contributed by atoms with Gasteiger partial charge in [-0.3, -0.25) is 14.3 Å². The Morgan fingerprint density at radius 3 is 2.42 bits per heavy atom. The van der Waals surface area contributed by atoms with Crippen molar-refractivity contribution in [1.82, 2.24) is 14.5 Å². The molecule has 0 amide bonds. The van der Waals surface area contributed by atoms with Gasteiger partial charge < -0.3 is 0 Å². The fourth-order valence-electron chi connectivity index (χ4n) is 2.62. The number of halogens is 3. The van der Waals surface area contributed by atoms with E-state index in [4.69, 9.17) is 0 Å². The first kappa shape index (κ1) is 18.2. The minimum absolute atomic E-state index is 0.107. The number of thiol groups is 1. The van der Waals surface area contributed by atoms with E-state index in [0.29, 0.717) is 17.1 Å². The van der Waals surface area contributed by atoms with Gasteiger partial charge in [-0.2, -0.15) is 25.8 Å². The van der Waals surface area contributed by atoms with Gasteiger partial charge in [-0.05, 0) is 29.8 Å². The van der Waals surface area contributed by atoms with Crippen molar-refractivity contribution >= 4 is 12.6 Å². The third-order valence-corrected chi connectivity index (χ3v) is 4.24. The molecule has 134 valence electrons. The molecular formula is C18H14F3N3OS. The Balaban J connectivity index is 2.34. The monoisotopic (exact) mass is 377 g/mol. The van der Waals surface area contributed by atoms with E-state index in [1.165, 1.54) is 36.1 Å². The van der Waals surface area contributed by atoms with Crippen LogP contribution in [-0.2, 0) is 19.0 Å². The second-order valence-electron chi connectivity index (χ2n) is 5.59. The lowest BCUT2D eigenvalue weighted by Gasteiger charge is -2.15. The number of rotatable bonds is 3. The molecule has 0 aliphatic carbocycles. The summed E-state index contributed by atoms with van der Waals surface area (Å²) in [6.45, 7) is 0. The highest BCUT2D eigenvalue weighted by Gasteiger charge is 2.31. The Kier molecular flexibility index (Phi) is 4.86. The fourth-order valence-corrected chi connectivity index (χ4v) is 2.90. The topological polar surface area (TPSA) is 47.8 Å². The van der Waals surface area contributed by atoms with E-state index in [9.17, 15) is 18.0 Å². The number of benzene rings is 1. The second-order valence-corrected chi connectivity index (χ2v) is 5.90. The lowest BCUT2D eigenvalue weighted by molar-refractivity contribution is -0.137. The van der Waals surface area contributed by atoms with Gasteiger partial charge in [0.05, 0.1) is 16.8 Å². The lowest BCUT2D eigenvalue weighted by atomic mass is 9.99. The Morgan fingerprint density at radius 2 is 1.81 bits per heavy atom. The zero-order chi connectivity index (χ0) is 18.9. The molecular weight excluding hydrogens is 363 g/mol. The van der Waals surface area contributed by atoms with Crippen molar-refractivity contribution < 1.29 is 13.2 Å². The van der Waals surface area contributed by atoms with Gasteiger partial charge in [0.1, 0.15) is 5.82 Å². The van der Waals surface area contributed by atoms with E-state index in [2.05, 4.69) is 22.6 Å². The molecule has 1 aromatic carbocycles. The van der Waals surface area contributed by atoms with Crippen molar-refractivity contribution in [3.8, 4) is 22.4 Å². The average Bonchev–Trinajstić information content (AvgIpc) is 2.64. The summed E-state index contributed by atoms with van der Waals surface area (Å²) >= 11 is 4.18. The van der Waals surface area contributed by atoms with Gasteiger partial charge in [0.15, 0.2) is 0 Å². The smallest absolute Gasteiger partial charge is 0.299 e. The molecule has 0 spiro atoms. The molecule has 0 aliphatic rings. The van der Waals surface area contributed by atoms with Crippen LogP contribution in [0.25, 0.3) is 22.4 Å². The van der Waals surface area contributed by atoms with Gasteiger partial charge in [-0.15, -0.1) is 0 Å². The normalized spacial score (nSPS) is 11.6. The van der Waals surface area contributed by atoms with Gasteiger partial charge in [0, 0.05) is 30.8 Å². The quantitative estimate of drug-likeness (QED) is 0.703. The van der Waals surface area contributed by atoms with Crippen LogP contribution in [-0.4, -0.2) is 14.5 Å². The zero-order valence-electron chi connectivity index (χ0n) is 13.7. The SMILES string of the molecule is Cn1c(CS)nc(-c2ccncc2)c(-c2cccc(C(F)(F)F)c2)c1=O. The molecule has 0 fully saturated rings. The van der Waals surface area contributed by atoms with E-state index in [0.717, 1.165) is 12.1 Å². The average molecular weight is 377 g/mol. The van der Waals surface area contributed by atoms with Gasteiger partial charge in [-0.25, -0.2) is 4.98 Å². The van der Waals surface area contributed by atoms with Crippen LogP contribution < -0.4 is 5.56 Å². The van der Waals surface area contributed by atoms with Gasteiger partial charge >= 0.3 is 6.18 Å². The molecule has 0 radical (unpaired) electrons. The standard InChI is InChI=1S/C18H14F3N3OS/c1-24-14(10-26)23-16(11-5-7-22-8-6-11)15(17(24)25)12-3-2-4-13(9-12)18(19,20)21/h2-9,26H,10H2,1H3. The molecule has 0 aliphatic heterocycles. The van der Waals surface area contributed by atoms with Crippen molar-refractivity contribution in [2.24, 2.45) is 7.05 Å². The van der Waals surface area contributed by atoms with Crippen LogP contribution in [0.1, 0.15) is 11.4 Å². The number of nitrogens with zero attached hydrogens (tertiary/aromatic N) is 3. The Hall–Kier alpha value is -2.61. The summed E-state index contributed by atoms with van der Waals surface area (Å²) in [4.78, 5) is 21.3. The Labute approximate surface area is 152 Å². The predicted octanol–water partition coefficient (Wildman–Crippen LogP) is 3.96. The largest absolute Gasteiger partial charge is 0.416 e. The molecule has 0 N–H and O–H groups in total. The molecule has 2 aromatic heterocycles. The van der Waals surface area contributed by atoms with E-state index in [1.54, 1.807) is 12.1 Å². The first-order chi connectivity index (χ1) is 12.3. The summed E-state index contributed by atoms with van der Waals surface area (Å²) in [5, 5.41) is 0. The van der Waals surface area contributed by atoms with Crippen molar-refractivity contribution in [2.45, 2.75) is 11.9 Å². The number of hydrogen-bond donors (Lipinski definition) is 1. The molecule has 0 bridgehead atoms. The maximum atomic E-state index is 13.1. The first-order valence-corrected chi connectivity index (χ1v) is 8.25. The molecule has 26 heavy (non-hydrogen) atoms. The highest BCUT2D eigenvalue weighted by Crippen LogP contribution is 2.34. The number of pyridine rings is 1. The van der Waals surface area contributed by atoms with E-state index < -0.39 is 17.3 Å². The van der Waals surface area contributed by atoms with Crippen LogP contribution in [0.15, 0.2) is 53.6 Å². The van der Waals surface area contributed by atoms with Crippen LogP contribution in [0.3, 0.4) is 0 Å². The summed E-state index contributed by atoms with van der Waals surface area (Å²) in [6, 6.07) is 7.99. The molecule has 8 heteroatoms. The molecule has 0 atom stereocenters. The minimum atomic E-state index is -4.50. The van der Waals surface area contributed by atoms with Crippen molar-refractivity contribution in [3.05, 3.63) is 70.5 Å². The van der Waals surface area contributed by atoms with Gasteiger partial charge in [0.2, 0.25) is 0 Å². The highest BCUT2D eigenvalue weighted by atomic mass is 32.1. The number of alkyl halides is 3.